The van der Waals surface area contributed by atoms with Crippen molar-refractivity contribution in [1.82, 2.24) is 5.32 Å². The molecule has 8 heteroatoms. The van der Waals surface area contributed by atoms with Crippen LogP contribution < -0.4 is 10.6 Å². The minimum atomic E-state index is -0.345. The highest BCUT2D eigenvalue weighted by atomic mass is 35.5. The molecule has 4 nitrogen and oxygen atoms in total. The maximum absolute atomic E-state index is 12.5. The lowest BCUT2D eigenvalue weighted by Gasteiger charge is -2.12. The number of nitrogens with one attached hydrogen (secondary N) is 2. The SMILES string of the molecule is CNC(=O)c1c(NC(=O)c2cc(Cl)sc2Cl)sc2c1CCCC2. The van der Waals surface area contributed by atoms with Gasteiger partial charge < -0.3 is 10.6 Å². The minimum Gasteiger partial charge on any atom is -0.355 e. The highest BCUT2D eigenvalue weighted by Crippen LogP contribution is 2.39. The number of carbonyl (C=O) groups is 2. The average molecular weight is 389 g/mol. The molecule has 0 spiro atoms. The molecule has 0 fully saturated rings. The molecule has 1 aliphatic rings. The van der Waals surface area contributed by atoms with Gasteiger partial charge in [0, 0.05) is 11.9 Å². The maximum atomic E-state index is 12.5. The van der Waals surface area contributed by atoms with Gasteiger partial charge in [-0.15, -0.1) is 22.7 Å². The van der Waals surface area contributed by atoms with Gasteiger partial charge in [0.25, 0.3) is 11.8 Å². The van der Waals surface area contributed by atoms with E-state index in [0.717, 1.165) is 42.6 Å². The van der Waals surface area contributed by atoms with Crippen molar-refractivity contribution in [3.63, 3.8) is 0 Å². The van der Waals surface area contributed by atoms with Crippen molar-refractivity contribution in [2.75, 3.05) is 12.4 Å². The van der Waals surface area contributed by atoms with Gasteiger partial charge in [-0.05, 0) is 37.3 Å². The zero-order chi connectivity index (χ0) is 16.6. The quantitative estimate of drug-likeness (QED) is 0.806. The summed E-state index contributed by atoms with van der Waals surface area (Å²) < 4.78 is 0.799. The van der Waals surface area contributed by atoms with E-state index in [9.17, 15) is 9.59 Å². The summed E-state index contributed by atoms with van der Waals surface area (Å²) in [5.74, 6) is -0.518. The standard InChI is InChI=1S/C15H14Cl2N2O2S2/c1-18-14(21)11-7-4-2-3-5-9(7)22-15(11)19-13(20)8-6-10(16)23-12(8)17/h6H,2-5H2,1H3,(H,18,21)(H,19,20). The van der Waals surface area contributed by atoms with Gasteiger partial charge in [0.2, 0.25) is 0 Å². The lowest BCUT2D eigenvalue weighted by molar-refractivity contribution is 0.0963. The molecule has 2 heterocycles. The Balaban J connectivity index is 1.96. The Hall–Kier alpha value is -1.08. The summed E-state index contributed by atoms with van der Waals surface area (Å²) in [6, 6.07) is 1.54. The number of carbonyl (C=O) groups excluding carboxylic acids is 2. The van der Waals surface area contributed by atoms with Crippen molar-refractivity contribution in [3.8, 4) is 0 Å². The van der Waals surface area contributed by atoms with Gasteiger partial charge in [-0.1, -0.05) is 23.2 Å². The number of halogens is 2. The van der Waals surface area contributed by atoms with Crippen molar-refractivity contribution in [3.05, 3.63) is 36.3 Å². The van der Waals surface area contributed by atoms with Crippen LogP contribution in [0.3, 0.4) is 0 Å². The zero-order valence-corrected chi connectivity index (χ0v) is 15.4. The predicted octanol–water partition coefficient (Wildman–Crippen LogP) is 4.61. The number of amides is 2. The van der Waals surface area contributed by atoms with Crippen LogP contribution in [-0.4, -0.2) is 18.9 Å². The summed E-state index contributed by atoms with van der Waals surface area (Å²) in [5, 5.41) is 6.08. The highest BCUT2D eigenvalue weighted by molar-refractivity contribution is 7.20. The second kappa shape index (κ2) is 6.81. The first-order chi connectivity index (χ1) is 11.0. The lowest BCUT2D eigenvalue weighted by atomic mass is 9.95. The molecule has 122 valence electrons. The van der Waals surface area contributed by atoms with Gasteiger partial charge >= 0.3 is 0 Å². The Kier molecular flexibility index (Phi) is 4.96. The van der Waals surface area contributed by atoms with Crippen molar-refractivity contribution >= 4 is 62.7 Å². The number of hydrogen-bond acceptors (Lipinski definition) is 4. The molecule has 23 heavy (non-hydrogen) atoms. The molecule has 1 aliphatic carbocycles. The van der Waals surface area contributed by atoms with Crippen LogP contribution in [0, 0.1) is 0 Å². The second-order valence-electron chi connectivity index (χ2n) is 5.19. The van der Waals surface area contributed by atoms with Crippen LogP contribution in [0.15, 0.2) is 6.07 Å². The smallest absolute Gasteiger partial charge is 0.258 e. The van der Waals surface area contributed by atoms with Gasteiger partial charge in [-0.2, -0.15) is 0 Å². The summed E-state index contributed by atoms with van der Waals surface area (Å²) in [5.41, 5.74) is 1.97. The summed E-state index contributed by atoms with van der Waals surface area (Å²) in [6.07, 6.45) is 3.99. The van der Waals surface area contributed by atoms with Crippen molar-refractivity contribution in [2.45, 2.75) is 25.7 Å². The van der Waals surface area contributed by atoms with E-state index in [4.69, 9.17) is 23.2 Å². The Morgan fingerprint density at radius 2 is 1.87 bits per heavy atom. The first-order valence-corrected chi connectivity index (χ1v) is 9.53. The average Bonchev–Trinajstić information content (AvgIpc) is 3.05. The van der Waals surface area contributed by atoms with Crippen LogP contribution in [-0.2, 0) is 12.8 Å². The van der Waals surface area contributed by atoms with Crippen molar-refractivity contribution < 1.29 is 9.59 Å². The Bertz CT molecular complexity index is 783. The van der Waals surface area contributed by atoms with E-state index in [0.29, 0.717) is 24.8 Å². The summed E-state index contributed by atoms with van der Waals surface area (Å²) in [4.78, 5) is 25.9. The van der Waals surface area contributed by atoms with E-state index in [2.05, 4.69) is 10.6 Å². The van der Waals surface area contributed by atoms with E-state index in [1.54, 1.807) is 7.05 Å². The van der Waals surface area contributed by atoms with Crippen molar-refractivity contribution in [2.24, 2.45) is 0 Å². The molecular weight excluding hydrogens is 375 g/mol. The number of aryl methyl sites for hydroxylation is 1. The molecule has 0 atom stereocenters. The molecular formula is C15H14Cl2N2O2S2. The highest BCUT2D eigenvalue weighted by Gasteiger charge is 2.26. The van der Waals surface area contributed by atoms with E-state index < -0.39 is 0 Å². The van der Waals surface area contributed by atoms with Gasteiger partial charge in [-0.3, -0.25) is 9.59 Å². The molecule has 2 amide bonds. The number of anilines is 1. The molecule has 0 aliphatic heterocycles. The van der Waals surface area contributed by atoms with Crippen LogP contribution in [0.25, 0.3) is 0 Å². The largest absolute Gasteiger partial charge is 0.355 e. The first-order valence-electron chi connectivity index (χ1n) is 7.14. The minimum absolute atomic E-state index is 0.172. The van der Waals surface area contributed by atoms with Gasteiger partial charge in [0.1, 0.15) is 9.34 Å². The fourth-order valence-electron chi connectivity index (χ4n) is 2.68. The van der Waals surface area contributed by atoms with E-state index >= 15 is 0 Å². The Morgan fingerprint density at radius 3 is 2.52 bits per heavy atom. The van der Waals surface area contributed by atoms with E-state index in [-0.39, 0.29) is 11.8 Å². The molecule has 2 N–H and O–H groups in total. The summed E-state index contributed by atoms with van der Waals surface area (Å²) in [6.45, 7) is 0. The third kappa shape index (κ3) is 3.26. The van der Waals surface area contributed by atoms with E-state index in [1.165, 1.54) is 22.3 Å². The molecule has 0 radical (unpaired) electrons. The summed E-state index contributed by atoms with van der Waals surface area (Å²) >= 11 is 14.5. The van der Waals surface area contributed by atoms with Crippen LogP contribution >= 0.6 is 45.9 Å². The first kappa shape index (κ1) is 16.8. The Labute approximate surface area is 151 Å². The van der Waals surface area contributed by atoms with E-state index in [1.807, 2.05) is 0 Å². The zero-order valence-electron chi connectivity index (χ0n) is 12.3. The van der Waals surface area contributed by atoms with Gasteiger partial charge in [0.15, 0.2) is 0 Å². The van der Waals surface area contributed by atoms with Crippen molar-refractivity contribution in [1.29, 1.82) is 0 Å². The molecule has 0 saturated carbocycles. The predicted molar refractivity (Wildman–Crippen MR) is 96.6 cm³/mol. The Morgan fingerprint density at radius 1 is 1.13 bits per heavy atom. The molecule has 2 aromatic heterocycles. The lowest BCUT2D eigenvalue weighted by Crippen LogP contribution is -2.22. The topological polar surface area (TPSA) is 58.2 Å². The van der Waals surface area contributed by atoms with Crippen LogP contribution in [0.4, 0.5) is 5.00 Å². The molecule has 0 unspecified atom stereocenters. The fraction of sp³-hybridized carbons (Fsp3) is 0.333. The molecule has 2 aromatic rings. The number of rotatable bonds is 3. The fourth-order valence-corrected chi connectivity index (χ4v) is 5.42. The second-order valence-corrected chi connectivity index (χ2v) is 8.58. The normalized spacial score (nSPS) is 13.5. The molecule has 0 aromatic carbocycles. The van der Waals surface area contributed by atoms with Crippen LogP contribution in [0.5, 0.6) is 0 Å². The third-order valence-electron chi connectivity index (χ3n) is 3.75. The third-order valence-corrected chi connectivity index (χ3v) is 6.45. The van der Waals surface area contributed by atoms with Crippen LogP contribution in [0.1, 0.15) is 44.0 Å². The van der Waals surface area contributed by atoms with Gasteiger partial charge in [-0.25, -0.2) is 0 Å². The molecule has 0 bridgehead atoms. The summed E-state index contributed by atoms with van der Waals surface area (Å²) in [7, 11) is 1.59. The van der Waals surface area contributed by atoms with Gasteiger partial charge in [0.05, 0.1) is 15.5 Å². The number of thiophene rings is 2. The number of hydrogen-bond donors (Lipinski definition) is 2. The van der Waals surface area contributed by atoms with Crippen LogP contribution in [0.2, 0.25) is 8.67 Å². The maximum Gasteiger partial charge on any atom is 0.258 e. The molecule has 0 saturated heterocycles. The number of fused-ring (bicyclic) bond motifs is 1. The molecule has 3 rings (SSSR count). The monoisotopic (exact) mass is 388 g/mol.